The van der Waals surface area contributed by atoms with Crippen molar-refractivity contribution < 1.29 is 0 Å². The smallest absolute Gasteiger partial charge is 0.0459 e. The quantitative estimate of drug-likeness (QED) is 0.923. The third-order valence-corrected chi connectivity index (χ3v) is 4.27. The molecule has 0 aliphatic heterocycles. The van der Waals surface area contributed by atoms with Crippen molar-refractivity contribution in [2.24, 2.45) is 5.73 Å². The zero-order valence-corrected chi connectivity index (χ0v) is 11.9. The van der Waals surface area contributed by atoms with Crippen molar-refractivity contribution >= 4 is 0 Å². The maximum atomic E-state index is 6.40. The Kier molecular flexibility index (Phi) is 3.81. The van der Waals surface area contributed by atoms with Crippen molar-refractivity contribution in [3.63, 3.8) is 0 Å². The summed E-state index contributed by atoms with van der Waals surface area (Å²) in [5.41, 5.74) is 10.3. The van der Waals surface area contributed by atoms with Crippen LogP contribution in [0.4, 0.5) is 0 Å². The van der Waals surface area contributed by atoms with Gasteiger partial charge in [-0.15, -0.1) is 0 Å². The van der Waals surface area contributed by atoms with Gasteiger partial charge in [-0.1, -0.05) is 30.3 Å². The van der Waals surface area contributed by atoms with Crippen LogP contribution < -0.4 is 5.73 Å². The summed E-state index contributed by atoms with van der Waals surface area (Å²) < 4.78 is 0. The number of likely N-dealkylation sites (N-methyl/N-ethyl adjacent to an activating group) is 1. The third kappa shape index (κ3) is 2.60. The number of benzene rings is 1. The van der Waals surface area contributed by atoms with Crippen LogP contribution in [0.25, 0.3) is 0 Å². The van der Waals surface area contributed by atoms with Crippen LogP contribution >= 0.6 is 0 Å². The zero-order chi connectivity index (χ0) is 13.9. The van der Waals surface area contributed by atoms with Gasteiger partial charge in [-0.05, 0) is 36.7 Å². The highest BCUT2D eigenvalue weighted by Crippen LogP contribution is 2.32. The number of pyridine rings is 1. The maximum absolute atomic E-state index is 6.40. The highest BCUT2D eigenvalue weighted by Gasteiger charge is 2.31. The molecule has 1 aliphatic carbocycles. The highest BCUT2D eigenvalue weighted by atomic mass is 15.1. The minimum Gasteiger partial charge on any atom is -0.323 e. The summed E-state index contributed by atoms with van der Waals surface area (Å²) in [7, 11) is 2.17. The van der Waals surface area contributed by atoms with E-state index in [1.165, 1.54) is 11.1 Å². The van der Waals surface area contributed by atoms with Crippen LogP contribution in [-0.2, 0) is 12.8 Å². The molecule has 0 saturated heterocycles. The van der Waals surface area contributed by atoms with E-state index in [9.17, 15) is 0 Å². The minimum atomic E-state index is 0.125. The summed E-state index contributed by atoms with van der Waals surface area (Å²) in [5, 5.41) is 0. The Morgan fingerprint density at radius 3 is 2.75 bits per heavy atom. The fourth-order valence-corrected chi connectivity index (χ4v) is 3.04. The molecule has 3 heteroatoms. The molecule has 104 valence electrons. The van der Waals surface area contributed by atoms with Crippen molar-refractivity contribution in [3.05, 3.63) is 65.5 Å². The van der Waals surface area contributed by atoms with Gasteiger partial charge in [0.1, 0.15) is 0 Å². The van der Waals surface area contributed by atoms with Gasteiger partial charge in [-0.3, -0.25) is 4.98 Å². The van der Waals surface area contributed by atoms with Gasteiger partial charge in [0.25, 0.3) is 0 Å². The van der Waals surface area contributed by atoms with E-state index in [-0.39, 0.29) is 6.04 Å². The van der Waals surface area contributed by atoms with Gasteiger partial charge in [0.05, 0.1) is 0 Å². The molecule has 1 heterocycles. The normalized spacial score (nSPS) is 21.1. The Hall–Kier alpha value is -1.71. The number of nitrogens with two attached hydrogens (primary N) is 1. The molecule has 2 aromatic rings. The molecule has 1 aromatic heterocycles. The Morgan fingerprint density at radius 2 is 2.00 bits per heavy atom. The van der Waals surface area contributed by atoms with Gasteiger partial charge < -0.3 is 10.6 Å². The zero-order valence-electron chi connectivity index (χ0n) is 11.9. The number of fused-ring (bicyclic) bond motifs is 1. The predicted molar refractivity (Wildman–Crippen MR) is 81.4 cm³/mol. The highest BCUT2D eigenvalue weighted by molar-refractivity contribution is 5.36. The Balaban J connectivity index is 1.63. The maximum Gasteiger partial charge on any atom is 0.0459 e. The van der Waals surface area contributed by atoms with Crippen LogP contribution in [-0.4, -0.2) is 29.5 Å². The Labute approximate surface area is 120 Å². The molecule has 0 fully saturated rings. The van der Waals surface area contributed by atoms with E-state index in [1.54, 1.807) is 0 Å². The largest absolute Gasteiger partial charge is 0.323 e. The number of hydrogen-bond acceptors (Lipinski definition) is 3. The van der Waals surface area contributed by atoms with E-state index in [1.807, 2.05) is 18.3 Å². The molecular formula is C17H21N3. The second-order valence-corrected chi connectivity index (χ2v) is 5.55. The van der Waals surface area contributed by atoms with Crippen LogP contribution in [0.2, 0.25) is 0 Å². The second kappa shape index (κ2) is 5.73. The predicted octanol–water partition coefficient (Wildman–Crippen LogP) is 2.18. The first-order chi connectivity index (χ1) is 9.75. The average molecular weight is 267 g/mol. The number of nitrogens with zero attached hydrogens (tertiary/aromatic N) is 2. The summed E-state index contributed by atoms with van der Waals surface area (Å²) in [6.45, 7) is 0.989. The monoisotopic (exact) mass is 267 g/mol. The molecule has 0 bridgehead atoms. The van der Waals surface area contributed by atoms with Crippen molar-refractivity contribution in [3.8, 4) is 0 Å². The van der Waals surface area contributed by atoms with Crippen LogP contribution in [0.15, 0.2) is 48.7 Å². The molecule has 1 aromatic carbocycles. The first-order valence-corrected chi connectivity index (χ1v) is 7.19. The molecular weight excluding hydrogens is 246 g/mol. The van der Waals surface area contributed by atoms with Crippen molar-refractivity contribution in [2.45, 2.75) is 24.9 Å². The van der Waals surface area contributed by atoms with Crippen molar-refractivity contribution in [2.75, 3.05) is 13.6 Å². The van der Waals surface area contributed by atoms with E-state index in [4.69, 9.17) is 5.73 Å². The number of hydrogen-bond donors (Lipinski definition) is 1. The molecule has 0 radical (unpaired) electrons. The minimum absolute atomic E-state index is 0.125. The third-order valence-electron chi connectivity index (χ3n) is 4.27. The lowest BCUT2D eigenvalue weighted by Crippen LogP contribution is -2.39. The van der Waals surface area contributed by atoms with Crippen LogP contribution in [0, 0.1) is 0 Å². The Bertz CT molecular complexity index is 567. The van der Waals surface area contributed by atoms with Gasteiger partial charge in [0.2, 0.25) is 0 Å². The van der Waals surface area contributed by atoms with E-state index >= 15 is 0 Å². The fourth-order valence-electron chi connectivity index (χ4n) is 3.04. The molecule has 2 N–H and O–H groups in total. The number of aromatic nitrogens is 1. The molecule has 0 spiro atoms. The lowest BCUT2D eigenvalue weighted by Gasteiger charge is -2.27. The van der Waals surface area contributed by atoms with Gasteiger partial charge in [-0.25, -0.2) is 0 Å². The summed E-state index contributed by atoms with van der Waals surface area (Å²) in [6.07, 6.45) is 3.87. The SMILES string of the molecule is CN(CCc1ccccn1)C1Cc2ccccc2C1N. The van der Waals surface area contributed by atoms with Gasteiger partial charge in [-0.2, -0.15) is 0 Å². The summed E-state index contributed by atoms with van der Waals surface area (Å²) >= 11 is 0. The van der Waals surface area contributed by atoms with E-state index in [0.29, 0.717) is 6.04 Å². The molecule has 0 amide bonds. The fraction of sp³-hybridized carbons (Fsp3) is 0.353. The van der Waals surface area contributed by atoms with Gasteiger partial charge >= 0.3 is 0 Å². The average Bonchev–Trinajstić information content (AvgIpc) is 2.84. The lowest BCUT2D eigenvalue weighted by molar-refractivity contribution is 0.224. The van der Waals surface area contributed by atoms with E-state index in [2.05, 4.69) is 47.3 Å². The van der Waals surface area contributed by atoms with E-state index in [0.717, 1.165) is 25.1 Å². The van der Waals surface area contributed by atoms with Gasteiger partial charge in [0, 0.05) is 36.9 Å². The topological polar surface area (TPSA) is 42.2 Å². The van der Waals surface area contributed by atoms with Crippen LogP contribution in [0.3, 0.4) is 0 Å². The van der Waals surface area contributed by atoms with Crippen molar-refractivity contribution in [1.82, 2.24) is 9.88 Å². The lowest BCUT2D eigenvalue weighted by atomic mass is 10.1. The van der Waals surface area contributed by atoms with Gasteiger partial charge in [0.15, 0.2) is 0 Å². The molecule has 3 nitrogen and oxygen atoms in total. The molecule has 2 unspecified atom stereocenters. The molecule has 0 saturated carbocycles. The summed E-state index contributed by atoms with van der Waals surface area (Å²) in [5.74, 6) is 0. The summed E-state index contributed by atoms with van der Waals surface area (Å²) in [6, 6.07) is 15.1. The molecule has 1 aliphatic rings. The summed E-state index contributed by atoms with van der Waals surface area (Å²) in [4.78, 5) is 6.75. The molecule has 2 atom stereocenters. The second-order valence-electron chi connectivity index (χ2n) is 5.55. The number of rotatable bonds is 4. The molecule has 20 heavy (non-hydrogen) atoms. The van der Waals surface area contributed by atoms with E-state index < -0.39 is 0 Å². The first kappa shape index (κ1) is 13.3. The van der Waals surface area contributed by atoms with Crippen LogP contribution in [0.1, 0.15) is 22.9 Å². The Morgan fingerprint density at radius 1 is 1.20 bits per heavy atom. The van der Waals surface area contributed by atoms with Crippen molar-refractivity contribution in [1.29, 1.82) is 0 Å². The van der Waals surface area contributed by atoms with Crippen LogP contribution in [0.5, 0.6) is 0 Å². The first-order valence-electron chi connectivity index (χ1n) is 7.19. The standard InChI is InChI=1S/C17H21N3/c1-20(11-9-14-7-4-5-10-19-14)16-12-13-6-2-3-8-15(13)17(16)18/h2-8,10,16-17H,9,11-12,18H2,1H3. The molecule has 3 rings (SSSR count).